The topological polar surface area (TPSA) is 50.4 Å². The summed E-state index contributed by atoms with van der Waals surface area (Å²) < 4.78 is 0. The zero-order valence-electron chi connectivity index (χ0n) is 35.9. The number of hydrogen-bond donors (Lipinski definition) is 2. The highest BCUT2D eigenvalue weighted by molar-refractivity contribution is 6.08. The standard InChI is InChI=1S/C29H25N.C23H20N2.C7H8/c1-22-8-13-25(14-9-22)27-17-19-28(20-18-27)29(30-2)21-12-23-10-15-26(16-11-23)24-6-4-3-5-7-24;1-3-17-15(2)22(24)23(20-13-7-6-12-19(17)20)25-21-14-8-10-16-9-4-5-11-18(16)21;1-7-5-3-2-4-6-7/h3-11,13-21H,2,12H2,1H3;3-14,25H,1,24H2,2H3;2-6H,1H3/b29-21-;;. The number of aliphatic imine (C=N–C) groups is 1. The van der Waals surface area contributed by atoms with Gasteiger partial charge in [-0.25, -0.2) is 0 Å². The number of rotatable bonds is 9. The highest BCUT2D eigenvalue weighted by atomic mass is 14.9. The fourth-order valence-electron chi connectivity index (χ4n) is 7.55. The second-order valence-corrected chi connectivity index (χ2v) is 15.3. The summed E-state index contributed by atoms with van der Waals surface area (Å²) in [5.74, 6) is 0. The van der Waals surface area contributed by atoms with Gasteiger partial charge < -0.3 is 11.1 Å². The number of anilines is 3. The lowest BCUT2D eigenvalue weighted by atomic mass is 9.95. The van der Waals surface area contributed by atoms with E-state index in [1.165, 1.54) is 49.7 Å². The number of nitrogens with one attached hydrogen (secondary N) is 1. The molecule has 0 aliphatic heterocycles. The van der Waals surface area contributed by atoms with E-state index in [0.29, 0.717) is 0 Å². The summed E-state index contributed by atoms with van der Waals surface area (Å²) in [7, 11) is 0. The average Bonchev–Trinajstić information content (AvgIpc) is 3.32. The Balaban J connectivity index is 0.000000163. The summed E-state index contributed by atoms with van der Waals surface area (Å²) in [6.07, 6.45) is 4.85. The second kappa shape index (κ2) is 20.5. The number of nitrogens with two attached hydrogens (primary N) is 1. The van der Waals surface area contributed by atoms with Crippen LogP contribution in [0, 0.1) is 20.8 Å². The molecule has 0 atom stereocenters. The molecular formula is C59H53N3. The van der Waals surface area contributed by atoms with Gasteiger partial charge in [0.15, 0.2) is 0 Å². The van der Waals surface area contributed by atoms with Crippen molar-refractivity contribution in [3.63, 3.8) is 0 Å². The van der Waals surface area contributed by atoms with E-state index >= 15 is 0 Å². The molecule has 0 unspecified atom stereocenters. The molecule has 0 radical (unpaired) electrons. The first-order valence-corrected chi connectivity index (χ1v) is 21.0. The van der Waals surface area contributed by atoms with Crippen LogP contribution in [0.2, 0.25) is 0 Å². The smallest absolute Gasteiger partial charge is 0.0700 e. The van der Waals surface area contributed by atoms with Gasteiger partial charge in [0.2, 0.25) is 0 Å². The van der Waals surface area contributed by atoms with Gasteiger partial charge in [0, 0.05) is 16.5 Å². The van der Waals surface area contributed by atoms with E-state index in [-0.39, 0.29) is 0 Å². The fraction of sp³-hybridized carbons (Fsp3) is 0.0678. The van der Waals surface area contributed by atoms with E-state index in [1.807, 2.05) is 49.4 Å². The van der Waals surface area contributed by atoms with Crippen molar-refractivity contribution in [2.24, 2.45) is 4.99 Å². The molecule has 3 heteroatoms. The maximum absolute atomic E-state index is 6.51. The van der Waals surface area contributed by atoms with Gasteiger partial charge in [-0.15, -0.1) is 0 Å². The largest absolute Gasteiger partial charge is 0.397 e. The van der Waals surface area contributed by atoms with Crippen molar-refractivity contribution < 1.29 is 0 Å². The molecule has 9 rings (SSSR count). The maximum Gasteiger partial charge on any atom is 0.0700 e. The molecule has 0 aliphatic carbocycles. The van der Waals surface area contributed by atoms with E-state index in [9.17, 15) is 0 Å². The predicted octanol–water partition coefficient (Wildman–Crippen LogP) is 15.9. The average molecular weight is 804 g/mol. The van der Waals surface area contributed by atoms with Crippen LogP contribution in [0.3, 0.4) is 0 Å². The Morgan fingerprint density at radius 2 is 1.03 bits per heavy atom. The molecule has 0 aliphatic rings. The van der Waals surface area contributed by atoms with Crippen LogP contribution < -0.4 is 11.1 Å². The molecule has 9 aromatic rings. The van der Waals surface area contributed by atoms with Crippen LogP contribution in [0.1, 0.15) is 33.4 Å². The van der Waals surface area contributed by atoms with Gasteiger partial charge in [-0.05, 0) is 95.3 Å². The summed E-state index contributed by atoms with van der Waals surface area (Å²) in [5, 5.41) is 8.24. The number of aryl methyl sites for hydroxylation is 2. The van der Waals surface area contributed by atoms with Crippen molar-refractivity contribution in [1.82, 2.24) is 0 Å². The van der Waals surface area contributed by atoms with Gasteiger partial charge in [0.1, 0.15) is 0 Å². The Bertz CT molecular complexity index is 2920. The Morgan fingerprint density at radius 1 is 0.532 bits per heavy atom. The van der Waals surface area contributed by atoms with Crippen molar-refractivity contribution in [3.8, 4) is 22.3 Å². The molecule has 62 heavy (non-hydrogen) atoms. The third-order valence-corrected chi connectivity index (χ3v) is 11.1. The van der Waals surface area contributed by atoms with Gasteiger partial charge in [0.25, 0.3) is 0 Å². The number of benzene rings is 9. The molecule has 0 bridgehead atoms. The van der Waals surface area contributed by atoms with Crippen molar-refractivity contribution in [1.29, 1.82) is 0 Å². The zero-order valence-corrected chi connectivity index (χ0v) is 35.9. The van der Waals surface area contributed by atoms with Crippen LogP contribution in [-0.2, 0) is 6.42 Å². The Morgan fingerprint density at radius 3 is 1.63 bits per heavy atom. The Labute approximate surface area is 367 Å². The van der Waals surface area contributed by atoms with Crippen LogP contribution in [-0.4, -0.2) is 6.72 Å². The van der Waals surface area contributed by atoms with E-state index < -0.39 is 0 Å². The SMILES string of the molecule is C=Cc1c(C)c(N)c(Nc2cccc3ccccc23)c2ccccc12.C=N/C(=C\Cc1ccc(-c2ccccc2)cc1)c1ccc(-c2ccc(C)cc2)cc1.Cc1ccccc1. The van der Waals surface area contributed by atoms with Crippen LogP contribution >= 0.6 is 0 Å². The molecular weight excluding hydrogens is 751 g/mol. The summed E-state index contributed by atoms with van der Waals surface area (Å²) in [6.45, 7) is 14.0. The molecule has 0 heterocycles. The minimum atomic E-state index is 0.765. The predicted molar refractivity (Wildman–Crippen MR) is 271 cm³/mol. The monoisotopic (exact) mass is 803 g/mol. The Hall–Kier alpha value is -7.75. The van der Waals surface area contributed by atoms with Gasteiger partial charge >= 0.3 is 0 Å². The summed E-state index contributed by atoms with van der Waals surface area (Å²) in [4.78, 5) is 4.26. The van der Waals surface area contributed by atoms with Gasteiger partial charge in [-0.3, -0.25) is 4.99 Å². The fourth-order valence-corrected chi connectivity index (χ4v) is 7.55. The van der Waals surface area contributed by atoms with Crippen LogP contribution in [0.15, 0.2) is 218 Å². The molecule has 0 amide bonds. The highest BCUT2D eigenvalue weighted by Gasteiger charge is 2.14. The van der Waals surface area contributed by atoms with Crippen LogP contribution in [0.25, 0.3) is 55.6 Å². The quantitative estimate of drug-likeness (QED) is 0.113. The van der Waals surface area contributed by atoms with Gasteiger partial charge in [-0.1, -0.05) is 224 Å². The third kappa shape index (κ3) is 10.3. The first-order chi connectivity index (χ1) is 30.3. The number of fused-ring (bicyclic) bond motifs is 2. The summed E-state index contributed by atoms with van der Waals surface area (Å²) in [6, 6.07) is 69.5. The molecule has 3 nitrogen and oxygen atoms in total. The van der Waals surface area contributed by atoms with Gasteiger partial charge in [-0.2, -0.15) is 0 Å². The van der Waals surface area contributed by atoms with E-state index in [4.69, 9.17) is 5.73 Å². The number of allylic oxidation sites excluding steroid dienone is 1. The van der Waals surface area contributed by atoms with Crippen molar-refractivity contribution in [2.45, 2.75) is 27.2 Å². The van der Waals surface area contributed by atoms with Crippen LogP contribution in [0.5, 0.6) is 0 Å². The summed E-state index contributed by atoms with van der Waals surface area (Å²) in [5.41, 5.74) is 22.2. The van der Waals surface area contributed by atoms with Gasteiger partial charge in [0.05, 0.1) is 17.1 Å². The molecule has 0 aromatic heterocycles. The van der Waals surface area contributed by atoms with Crippen LogP contribution in [0.4, 0.5) is 17.1 Å². The molecule has 0 spiro atoms. The molecule has 0 saturated heterocycles. The lowest BCUT2D eigenvalue weighted by molar-refractivity contribution is 1.26. The Kier molecular flexibility index (Phi) is 14.0. The van der Waals surface area contributed by atoms with E-state index in [1.54, 1.807) is 0 Å². The first kappa shape index (κ1) is 42.4. The number of nitrogens with zero attached hydrogens (tertiary/aromatic N) is 1. The van der Waals surface area contributed by atoms with E-state index in [2.05, 4.69) is 207 Å². The molecule has 0 saturated carbocycles. The van der Waals surface area contributed by atoms with Crippen molar-refractivity contribution >= 4 is 57.1 Å². The van der Waals surface area contributed by atoms with E-state index in [0.717, 1.165) is 56.6 Å². The lowest BCUT2D eigenvalue weighted by Gasteiger charge is -2.19. The molecule has 3 N–H and O–H groups in total. The minimum absolute atomic E-state index is 0.765. The molecule has 0 fully saturated rings. The second-order valence-electron chi connectivity index (χ2n) is 15.3. The molecule has 9 aromatic carbocycles. The first-order valence-electron chi connectivity index (χ1n) is 21.0. The number of hydrogen-bond acceptors (Lipinski definition) is 3. The highest BCUT2D eigenvalue weighted by Crippen LogP contribution is 2.39. The minimum Gasteiger partial charge on any atom is -0.397 e. The zero-order chi connectivity index (χ0) is 43.3. The normalized spacial score (nSPS) is 10.9. The van der Waals surface area contributed by atoms with Crippen molar-refractivity contribution in [3.05, 3.63) is 246 Å². The number of nitrogen functional groups attached to an aromatic ring is 1. The third-order valence-electron chi connectivity index (χ3n) is 11.1. The molecule has 304 valence electrons. The maximum atomic E-state index is 6.51. The van der Waals surface area contributed by atoms with Crippen molar-refractivity contribution in [2.75, 3.05) is 11.1 Å². The summed E-state index contributed by atoms with van der Waals surface area (Å²) >= 11 is 0. The lowest BCUT2D eigenvalue weighted by Crippen LogP contribution is -2.02.